The summed E-state index contributed by atoms with van der Waals surface area (Å²) in [5, 5.41) is 0. The zero-order chi connectivity index (χ0) is 13.0. The number of rotatable bonds is 4. The lowest BCUT2D eigenvalue weighted by molar-refractivity contribution is 0.0524. The van der Waals surface area contributed by atoms with E-state index < -0.39 is 18.0 Å². The van der Waals surface area contributed by atoms with Gasteiger partial charge in [-0.15, -0.1) is 0 Å². The number of alkyl halides is 2. The fraction of sp³-hybridized carbons (Fsp3) is 0.400. The van der Waals surface area contributed by atoms with Gasteiger partial charge < -0.3 is 9.47 Å². The van der Waals surface area contributed by atoms with Crippen molar-refractivity contribution in [1.82, 2.24) is 4.98 Å². The van der Waals surface area contributed by atoms with E-state index in [1.807, 2.05) is 0 Å². The number of pyridine rings is 1. The third-order valence-electron chi connectivity index (χ3n) is 1.92. The van der Waals surface area contributed by atoms with Crippen molar-refractivity contribution in [3.63, 3.8) is 0 Å². The monoisotopic (exact) mass is 309 g/mol. The van der Waals surface area contributed by atoms with E-state index in [1.165, 1.54) is 7.11 Å². The summed E-state index contributed by atoms with van der Waals surface area (Å²) < 4.78 is 35.0. The van der Waals surface area contributed by atoms with Gasteiger partial charge >= 0.3 is 5.97 Å². The minimum absolute atomic E-state index is 0.0528. The van der Waals surface area contributed by atoms with Crippen molar-refractivity contribution in [2.75, 3.05) is 13.7 Å². The number of carbonyl (C=O) groups is 1. The van der Waals surface area contributed by atoms with Crippen molar-refractivity contribution in [1.29, 1.82) is 0 Å². The average Bonchev–Trinajstić information content (AvgIpc) is 2.27. The van der Waals surface area contributed by atoms with Crippen molar-refractivity contribution >= 4 is 21.9 Å². The number of nitrogens with zero attached hydrogens (tertiary/aromatic N) is 1. The second kappa shape index (κ2) is 5.90. The Bertz CT molecular complexity index is 426. The molecule has 0 aliphatic rings. The number of aromatic nitrogens is 1. The number of hydrogen-bond donors (Lipinski definition) is 0. The maximum Gasteiger partial charge on any atom is 0.340 e. The second-order valence-corrected chi connectivity index (χ2v) is 3.72. The van der Waals surface area contributed by atoms with Crippen molar-refractivity contribution in [3.8, 4) is 5.88 Å². The van der Waals surface area contributed by atoms with Crippen molar-refractivity contribution in [3.05, 3.63) is 21.8 Å². The van der Waals surface area contributed by atoms with Gasteiger partial charge in [0.25, 0.3) is 6.43 Å². The van der Waals surface area contributed by atoms with Crippen LogP contribution in [0.15, 0.2) is 10.7 Å². The zero-order valence-corrected chi connectivity index (χ0v) is 10.8. The molecule has 0 saturated carbocycles. The quantitative estimate of drug-likeness (QED) is 0.802. The summed E-state index contributed by atoms with van der Waals surface area (Å²) in [5.74, 6) is -0.934. The van der Waals surface area contributed by atoms with Gasteiger partial charge in [-0.1, -0.05) is 0 Å². The third kappa shape index (κ3) is 2.91. The SMILES string of the molecule is CCOC(=O)c1cnc(OC)c(C(F)F)c1Br. The Balaban J connectivity index is 3.27. The smallest absolute Gasteiger partial charge is 0.340 e. The molecule has 0 amide bonds. The largest absolute Gasteiger partial charge is 0.481 e. The lowest BCUT2D eigenvalue weighted by atomic mass is 10.2. The highest BCUT2D eigenvalue weighted by molar-refractivity contribution is 9.10. The second-order valence-electron chi connectivity index (χ2n) is 2.93. The van der Waals surface area contributed by atoms with Crippen LogP contribution >= 0.6 is 15.9 Å². The summed E-state index contributed by atoms with van der Waals surface area (Å²) in [7, 11) is 1.23. The van der Waals surface area contributed by atoms with Crippen LogP contribution in [0.2, 0.25) is 0 Å². The summed E-state index contributed by atoms with van der Waals surface area (Å²) in [6, 6.07) is 0. The Labute approximate surface area is 105 Å². The van der Waals surface area contributed by atoms with Crippen LogP contribution in [0.4, 0.5) is 8.78 Å². The van der Waals surface area contributed by atoms with Gasteiger partial charge in [0, 0.05) is 10.7 Å². The Morgan fingerprint density at radius 3 is 2.71 bits per heavy atom. The molecule has 7 heteroatoms. The molecule has 0 atom stereocenters. The highest BCUT2D eigenvalue weighted by Crippen LogP contribution is 2.36. The molecule has 0 aliphatic carbocycles. The van der Waals surface area contributed by atoms with Crippen LogP contribution in [0.3, 0.4) is 0 Å². The molecule has 94 valence electrons. The van der Waals surface area contributed by atoms with Crippen molar-refractivity contribution < 1.29 is 23.0 Å². The number of ether oxygens (including phenoxy) is 2. The number of halogens is 3. The molecule has 4 nitrogen and oxygen atoms in total. The van der Waals surface area contributed by atoms with Gasteiger partial charge in [0.1, 0.15) is 0 Å². The molecular weight excluding hydrogens is 300 g/mol. The van der Waals surface area contributed by atoms with Crippen LogP contribution in [0, 0.1) is 0 Å². The Hall–Kier alpha value is -1.24. The molecule has 0 aliphatic heterocycles. The highest BCUT2D eigenvalue weighted by atomic mass is 79.9. The summed E-state index contributed by atoms with van der Waals surface area (Å²) in [5.41, 5.74) is -0.513. The van der Waals surface area contributed by atoms with Crippen LogP contribution in [0.5, 0.6) is 5.88 Å². The van der Waals surface area contributed by atoms with E-state index in [4.69, 9.17) is 9.47 Å². The van der Waals surface area contributed by atoms with E-state index in [0.29, 0.717) is 0 Å². The van der Waals surface area contributed by atoms with Crippen LogP contribution in [0.1, 0.15) is 29.3 Å². The summed E-state index contributed by atoms with van der Waals surface area (Å²) in [6.07, 6.45) is -1.67. The molecule has 0 radical (unpaired) electrons. The van der Waals surface area contributed by atoms with E-state index in [0.717, 1.165) is 6.20 Å². The number of carbonyl (C=O) groups excluding carboxylic acids is 1. The summed E-state index contributed by atoms with van der Waals surface area (Å²) in [4.78, 5) is 15.1. The topological polar surface area (TPSA) is 48.4 Å². The van der Waals surface area contributed by atoms with E-state index in [9.17, 15) is 13.6 Å². The Kier molecular flexibility index (Phi) is 4.80. The fourth-order valence-corrected chi connectivity index (χ4v) is 1.80. The first-order valence-electron chi connectivity index (χ1n) is 4.70. The molecule has 0 spiro atoms. The summed E-state index contributed by atoms with van der Waals surface area (Å²) in [6.45, 7) is 1.78. The molecule has 1 rings (SSSR count). The van der Waals surface area contributed by atoms with Gasteiger partial charge in [-0.3, -0.25) is 0 Å². The maximum atomic E-state index is 12.8. The van der Waals surface area contributed by atoms with Crippen molar-refractivity contribution in [2.45, 2.75) is 13.3 Å². The molecule has 0 aromatic carbocycles. The lowest BCUT2D eigenvalue weighted by Gasteiger charge is -2.11. The molecule has 0 fully saturated rings. The van der Waals surface area contributed by atoms with Gasteiger partial charge in [-0.05, 0) is 22.9 Å². The van der Waals surface area contributed by atoms with Crippen molar-refractivity contribution in [2.24, 2.45) is 0 Å². The molecular formula is C10H10BrF2NO3. The van der Waals surface area contributed by atoms with Gasteiger partial charge in [0.2, 0.25) is 5.88 Å². The minimum atomic E-state index is -2.80. The van der Waals surface area contributed by atoms with Crippen LogP contribution in [0.25, 0.3) is 0 Å². The zero-order valence-electron chi connectivity index (χ0n) is 9.17. The molecule has 1 heterocycles. The van der Waals surface area contributed by atoms with Gasteiger partial charge in [0.15, 0.2) is 0 Å². The van der Waals surface area contributed by atoms with E-state index in [-0.39, 0.29) is 22.5 Å². The minimum Gasteiger partial charge on any atom is -0.481 e. The number of esters is 1. The first kappa shape index (κ1) is 13.8. The maximum absolute atomic E-state index is 12.8. The molecule has 1 aromatic rings. The number of hydrogen-bond acceptors (Lipinski definition) is 4. The third-order valence-corrected chi connectivity index (χ3v) is 2.78. The predicted molar refractivity (Wildman–Crippen MR) is 59.4 cm³/mol. The average molecular weight is 310 g/mol. The molecule has 1 aromatic heterocycles. The predicted octanol–water partition coefficient (Wildman–Crippen LogP) is 2.97. The molecule has 0 saturated heterocycles. The molecule has 0 bridgehead atoms. The van der Waals surface area contributed by atoms with Gasteiger partial charge in [-0.25, -0.2) is 18.6 Å². The van der Waals surface area contributed by atoms with E-state index in [2.05, 4.69) is 20.9 Å². The normalized spacial score (nSPS) is 10.5. The molecule has 17 heavy (non-hydrogen) atoms. The number of methoxy groups -OCH3 is 1. The van der Waals surface area contributed by atoms with Crippen LogP contribution in [-0.4, -0.2) is 24.7 Å². The Morgan fingerprint density at radius 2 is 2.24 bits per heavy atom. The van der Waals surface area contributed by atoms with E-state index >= 15 is 0 Å². The first-order valence-corrected chi connectivity index (χ1v) is 5.49. The van der Waals surface area contributed by atoms with Gasteiger partial charge in [0.05, 0.1) is 24.8 Å². The standard InChI is InChI=1S/C10H10BrF2NO3/c1-3-17-10(15)5-4-14-9(16-2)6(7(5)11)8(12)13/h4,8H,3H2,1-2H3. The molecule has 0 N–H and O–H groups in total. The van der Waals surface area contributed by atoms with Crippen LogP contribution in [-0.2, 0) is 4.74 Å². The van der Waals surface area contributed by atoms with Gasteiger partial charge in [-0.2, -0.15) is 0 Å². The van der Waals surface area contributed by atoms with Crippen LogP contribution < -0.4 is 4.74 Å². The highest BCUT2D eigenvalue weighted by Gasteiger charge is 2.24. The summed E-state index contributed by atoms with van der Waals surface area (Å²) >= 11 is 2.94. The van der Waals surface area contributed by atoms with E-state index in [1.54, 1.807) is 6.92 Å². The lowest BCUT2D eigenvalue weighted by Crippen LogP contribution is -2.09. The fourth-order valence-electron chi connectivity index (χ4n) is 1.19. The first-order chi connectivity index (χ1) is 8.02. The molecule has 0 unspecified atom stereocenters. The Morgan fingerprint density at radius 1 is 1.59 bits per heavy atom.